The summed E-state index contributed by atoms with van der Waals surface area (Å²) in [6.45, 7) is 0.899. The fourth-order valence-corrected chi connectivity index (χ4v) is 3.95. The minimum absolute atomic E-state index is 0.236. The van der Waals surface area contributed by atoms with Crippen LogP contribution in [0.1, 0.15) is 26.1 Å². The van der Waals surface area contributed by atoms with Gasteiger partial charge in [-0.15, -0.1) is 15.3 Å². The van der Waals surface area contributed by atoms with E-state index in [1.54, 1.807) is 10.9 Å². The van der Waals surface area contributed by atoms with Crippen LogP contribution in [0.3, 0.4) is 0 Å². The molecule has 4 aromatic rings. The number of benzene rings is 1. The van der Waals surface area contributed by atoms with Crippen LogP contribution in [-0.2, 0) is 18.8 Å². The third-order valence-electron chi connectivity index (χ3n) is 3.67. The fourth-order valence-electron chi connectivity index (χ4n) is 2.33. The summed E-state index contributed by atoms with van der Waals surface area (Å²) in [6.07, 6.45) is 1.61. The number of carbonyl (C=O) groups excluding carboxylic acids is 1. The molecule has 0 aliphatic rings. The lowest BCUT2D eigenvalue weighted by Gasteiger charge is -2.02. The second-order valence-electron chi connectivity index (χ2n) is 5.66. The van der Waals surface area contributed by atoms with Gasteiger partial charge < -0.3 is 9.73 Å². The number of hydrogen-bond donors (Lipinski definition) is 1. The molecule has 0 unspecified atom stereocenters. The number of thioether (sulfide) groups is 1. The lowest BCUT2D eigenvalue weighted by Crippen LogP contribution is -2.22. The summed E-state index contributed by atoms with van der Waals surface area (Å²) in [5.41, 5.74) is 1.03. The highest BCUT2D eigenvalue weighted by Crippen LogP contribution is 2.22. The number of nitrogens with zero attached hydrogens (tertiary/aromatic N) is 6. The first-order valence-corrected chi connectivity index (χ1v) is 10.1. The maximum Gasteiger partial charge on any atom is 0.282 e. The molecule has 1 N–H and O–H groups in total. The summed E-state index contributed by atoms with van der Waals surface area (Å²) < 4.78 is 6.97. The van der Waals surface area contributed by atoms with Gasteiger partial charge in [0.25, 0.3) is 5.91 Å². The van der Waals surface area contributed by atoms with Crippen LogP contribution >= 0.6 is 23.1 Å². The molecular formula is C17H15N7O2S2. The maximum atomic E-state index is 12.2. The van der Waals surface area contributed by atoms with E-state index in [0.717, 1.165) is 16.3 Å². The Bertz CT molecular complexity index is 1030. The van der Waals surface area contributed by atoms with Crippen LogP contribution in [-0.4, -0.2) is 36.3 Å². The summed E-state index contributed by atoms with van der Waals surface area (Å²) in [5, 5.41) is 24.3. The molecular weight excluding hydrogens is 398 g/mol. The normalized spacial score (nSPS) is 10.9. The first-order chi connectivity index (χ1) is 13.8. The second-order valence-corrected chi connectivity index (χ2v) is 7.66. The quantitative estimate of drug-likeness (QED) is 0.438. The SMILES string of the molecule is O=C(NCc1ccccc1)c1nnc(CSc2nnnn2Cc2ccco2)s1. The van der Waals surface area contributed by atoms with Gasteiger partial charge in [-0.25, -0.2) is 4.68 Å². The predicted molar refractivity (Wildman–Crippen MR) is 103 cm³/mol. The maximum absolute atomic E-state index is 12.2. The van der Waals surface area contributed by atoms with Crippen LogP contribution in [0.5, 0.6) is 0 Å². The zero-order valence-electron chi connectivity index (χ0n) is 14.6. The van der Waals surface area contributed by atoms with Gasteiger partial charge in [0.1, 0.15) is 17.3 Å². The number of aromatic nitrogens is 6. The van der Waals surface area contributed by atoms with E-state index >= 15 is 0 Å². The summed E-state index contributed by atoms with van der Waals surface area (Å²) in [6, 6.07) is 13.4. The van der Waals surface area contributed by atoms with Gasteiger partial charge in [0.05, 0.1) is 12.0 Å². The average Bonchev–Trinajstić information content (AvgIpc) is 3.48. The fraction of sp³-hybridized carbons (Fsp3) is 0.176. The Morgan fingerprint density at radius 3 is 2.86 bits per heavy atom. The molecule has 0 fully saturated rings. The van der Waals surface area contributed by atoms with E-state index in [2.05, 4.69) is 31.0 Å². The highest BCUT2D eigenvalue weighted by atomic mass is 32.2. The molecule has 4 rings (SSSR count). The van der Waals surface area contributed by atoms with Gasteiger partial charge in [-0.3, -0.25) is 4.79 Å². The Labute approximate surface area is 168 Å². The molecule has 0 bridgehead atoms. The number of rotatable bonds is 8. The molecule has 0 atom stereocenters. The zero-order chi connectivity index (χ0) is 19.2. The number of hydrogen-bond acceptors (Lipinski definition) is 9. The molecule has 28 heavy (non-hydrogen) atoms. The molecule has 11 heteroatoms. The smallest absolute Gasteiger partial charge is 0.282 e. The largest absolute Gasteiger partial charge is 0.467 e. The lowest BCUT2D eigenvalue weighted by molar-refractivity contribution is 0.0950. The summed E-state index contributed by atoms with van der Waals surface area (Å²) in [7, 11) is 0. The molecule has 3 heterocycles. The Kier molecular flexibility index (Phi) is 5.73. The predicted octanol–water partition coefficient (Wildman–Crippen LogP) is 2.39. The molecule has 0 saturated heterocycles. The topological polar surface area (TPSA) is 112 Å². The number of nitrogens with one attached hydrogen (secondary N) is 1. The van der Waals surface area contributed by atoms with Gasteiger partial charge in [0, 0.05) is 6.54 Å². The lowest BCUT2D eigenvalue weighted by atomic mass is 10.2. The molecule has 142 valence electrons. The van der Waals surface area contributed by atoms with E-state index in [1.807, 2.05) is 42.5 Å². The van der Waals surface area contributed by atoms with E-state index in [1.165, 1.54) is 23.1 Å². The van der Waals surface area contributed by atoms with E-state index in [4.69, 9.17) is 4.42 Å². The Balaban J connectivity index is 1.31. The first-order valence-electron chi connectivity index (χ1n) is 8.34. The van der Waals surface area contributed by atoms with Crippen LogP contribution in [0.15, 0.2) is 58.3 Å². The minimum Gasteiger partial charge on any atom is -0.467 e. The van der Waals surface area contributed by atoms with Crippen molar-refractivity contribution in [2.45, 2.75) is 24.0 Å². The Morgan fingerprint density at radius 1 is 1.14 bits per heavy atom. The number of tetrazole rings is 1. The van der Waals surface area contributed by atoms with Gasteiger partial charge in [-0.1, -0.05) is 53.4 Å². The molecule has 3 aromatic heterocycles. The highest BCUT2D eigenvalue weighted by molar-refractivity contribution is 7.98. The standard InChI is InChI=1S/C17H15N7O2S2/c25-15(18-9-12-5-2-1-3-6-12)16-20-19-14(28-16)11-27-17-21-22-23-24(17)10-13-7-4-8-26-13/h1-8H,9-11H2,(H,18,25). The number of amides is 1. The van der Waals surface area contributed by atoms with E-state index < -0.39 is 0 Å². The van der Waals surface area contributed by atoms with Crippen molar-refractivity contribution in [3.8, 4) is 0 Å². The summed E-state index contributed by atoms with van der Waals surface area (Å²) in [5.74, 6) is 1.05. The van der Waals surface area contributed by atoms with Crippen molar-refractivity contribution in [3.05, 3.63) is 70.1 Å². The van der Waals surface area contributed by atoms with Crippen molar-refractivity contribution in [2.24, 2.45) is 0 Å². The Morgan fingerprint density at radius 2 is 2.04 bits per heavy atom. The average molecular weight is 413 g/mol. The molecule has 0 spiro atoms. The Hall–Kier alpha value is -3.05. The third-order valence-corrected chi connectivity index (χ3v) is 5.74. The van der Waals surface area contributed by atoms with E-state index in [9.17, 15) is 4.79 Å². The van der Waals surface area contributed by atoms with Gasteiger partial charge in [-0.05, 0) is 28.1 Å². The molecule has 9 nitrogen and oxygen atoms in total. The van der Waals surface area contributed by atoms with Gasteiger partial charge in [-0.2, -0.15) is 0 Å². The van der Waals surface area contributed by atoms with Crippen molar-refractivity contribution in [3.63, 3.8) is 0 Å². The highest BCUT2D eigenvalue weighted by Gasteiger charge is 2.15. The van der Waals surface area contributed by atoms with Crippen LogP contribution in [0.4, 0.5) is 0 Å². The second kappa shape index (κ2) is 8.76. The van der Waals surface area contributed by atoms with Crippen LogP contribution in [0.25, 0.3) is 0 Å². The van der Waals surface area contributed by atoms with E-state index in [0.29, 0.717) is 29.0 Å². The van der Waals surface area contributed by atoms with Crippen molar-refractivity contribution in [1.82, 2.24) is 35.7 Å². The number of furan rings is 1. The molecule has 0 saturated carbocycles. The number of carbonyl (C=O) groups is 1. The summed E-state index contributed by atoms with van der Waals surface area (Å²) >= 11 is 2.68. The summed E-state index contributed by atoms with van der Waals surface area (Å²) in [4.78, 5) is 12.2. The van der Waals surface area contributed by atoms with Crippen LogP contribution < -0.4 is 5.32 Å². The zero-order valence-corrected chi connectivity index (χ0v) is 16.2. The minimum atomic E-state index is -0.236. The first kappa shape index (κ1) is 18.3. The third kappa shape index (κ3) is 4.61. The van der Waals surface area contributed by atoms with Gasteiger partial charge in [0.15, 0.2) is 0 Å². The molecule has 0 radical (unpaired) electrons. The molecule has 0 aliphatic carbocycles. The van der Waals surface area contributed by atoms with Crippen LogP contribution in [0, 0.1) is 0 Å². The van der Waals surface area contributed by atoms with Crippen molar-refractivity contribution in [2.75, 3.05) is 0 Å². The monoisotopic (exact) mass is 413 g/mol. The molecule has 1 aromatic carbocycles. The van der Waals surface area contributed by atoms with Crippen molar-refractivity contribution in [1.29, 1.82) is 0 Å². The molecule has 1 amide bonds. The van der Waals surface area contributed by atoms with E-state index in [-0.39, 0.29) is 5.91 Å². The van der Waals surface area contributed by atoms with Crippen LogP contribution in [0.2, 0.25) is 0 Å². The van der Waals surface area contributed by atoms with Gasteiger partial charge >= 0.3 is 0 Å². The van der Waals surface area contributed by atoms with Crippen molar-refractivity contribution < 1.29 is 9.21 Å². The van der Waals surface area contributed by atoms with Gasteiger partial charge in [0.2, 0.25) is 10.2 Å². The molecule has 0 aliphatic heterocycles. The van der Waals surface area contributed by atoms with Crippen molar-refractivity contribution >= 4 is 29.0 Å².